The molecule has 0 radical (unpaired) electrons. The van der Waals surface area contributed by atoms with Crippen LogP contribution in [0.25, 0.3) is 0 Å². The SMILES string of the molecule is CC1=C(C(=O)OC(C)(C)C)C(c2ccc(Cl)cc2)C(C#N)=C(SCC(=O)c2ccc(Br)cc2)N1. The molecule has 1 heterocycles. The number of ketones is 1. The molecule has 2 aromatic rings. The highest BCUT2D eigenvalue weighted by molar-refractivity contribution is 9.10. The number of nitrogens with zero attached hydrogens (tertiary/aromatic N) is 1. The lowest BCUT2D eigenvalue weighted by Gasteiger charge is -2.31. The number of Topliss-reactive ketones (excluding diaryl/α,β-unsaturated/α-hetero) is 1. The number of nitrogens with one attached hydrogen (secondary N) is 1. The van der Waals surface area contributed by atoms with Crippen LogP contribution >= 0.6 is 39.3 Å². The maximum atomic E-state index is 13.2. The summed E-state index contributed by atoms with van der Waals surface area (Å²) in [6.07, 6.45) is 0. The largest absolute Gasteiger partial charge is 0.457 e. The summed E-state index contributed by atoms with van der Waals surface area (Å²) in [5.74, 6) is -1.08. The van der Waals surface area contributed by atoms with E-state index in [0.29, 0.717) is 32.5 Å². The second kappa shape index (κ2) is 10.8. The van der Waals surface area contributed by atoms with Gasteiger partial charge in [0.25, 0.3) is 0 Å². The van der Waals surface area contributed by atoms with Gasteiger partial charge in [-0.1, -0.05) is 63.6 Å². The van der Waals surface area contributed by atoms with Gasteiger partial charge in [-0.15, -0.1) is 0 Å². The first-order valence-corrected chi connectivity index (χ1v) is 12.7. The fraction of sp³-hybridized carbons (Fsp3) is 0.269. The summed E-state index contributed by atoms with van der Waals surface area (Å²) in [6, 6.07) is 16.4. The monoisotopic (exact) mass is 558 g/mol. The average Bonchev–Trinajstić information content (AvgIpc) is 2.76. The molecule has 2 aromatic carbocycles. The molecule has 0 amide bonds. The van der Waals surface area contributed by atoms with Crippen molar-refractivity contribution >= 4 is 51.0 Å². The summed E-state index contributed by atoms with van der Waals surface area (Å²) >= 11 is 10.7. The minimum atomic E-state index is -0.697. The molecule has 34 heavy (non-hydrogen) atoms. The average molecular weight is 560 g/mol. The number of hydrogen-bond donors (Lipinski definition) is 1. The van der Waals surface area contributed by atoms with Crippen LogP contribution in [0.5, 0.6) is 0 Å². The van der Waals surface area contributed by atoms with Crippen molar-refractivity contribution in [3.8, 4) is 6.07 Å². The maximum absolute atomic E-state index is 13.2. The molecule has 0 saturated heterocycles. The predicted octanol–water partition coefficient (Wildman–Crippen LogP) is 6.76. The molecule has 0 aliphatic carbocycles. The fourth-order valence-corrected chi connectivity index (χ4v) is 4.85. The zero-order chi connectivity index (χ0) is 25.0. The molecule has 0 aromatic heterocycles. The number of hydrogen-bond acceptors (Lipinski definition) is 6. The summed E-state index contributed by atoms with van der Waals surface area (Å²) < 4.78 is 6.55. The van der Waals surface area contributed by atoms with Crippen LogP contribution in [-0.2, 0) is 9.53 Å². The second-order valence-corrected chi connectivity index (χ2v) is 11.1. The van der Waals surface area contributed by atoms with E-state index in [1.54, 1.807) is 64.1 Å². The third-order valence-corrected chi connectivity index (χ3v) is 6.78. The summed E-state index contributed by atoms with van der Waals surface area (Å²) in [5, 5.41) is 14.4. The third-order valence-electron chi connectivity index (χ3n) is 4.98. The third kappa shape index (κ3) is 6.32. The van der Waals surface area contributed by atoms with Crippen molar-refractivity contribution in [2.75, 3.05) is 5.75 Å². The van der Waals surface area contributed by atoms with E-state index in [1.807, 2.05) is 12.1 Å². The van der Waals surface area contributed by atoms with Gasteiger partial charge in [0.1, 0.15) is 5.60 Å². The van der Waals surface area contributed by atoms with Crippen molar-refractivity contribution in [1.82, 2.24) is 5.32 Å². The molecule has 0 fully saturated rings. The van der Waals surface area contributed by atoms with E-state index in [1.165, 1.54) is 11.8 Å². The van der Waals surface area contributed by atoms with Crippen LogP contribution in [0.1, 0.15) is 49.5 Å². The Balaban J connectivity index is 1.98. The first-order chi connectivity index (χ1) is 16.0. The molecular weight excluding hydrogens is 536 g/mol. The molecule has 0 spiro atoms. The van der Waals surface area contributed by atoms with E-state index in [9.17, 15) is 14.9 Å². The normalized spacial score (nSPS) is 16.1. The molecule has 8 heteroatoms. The number of allylic oxidation sites excluding steroid dienone is 2. The Kier molecular flexibility index (Phi) is 8.29. The van der Waals surface area contributed by atoms with Crippen molar-refractivity contribution in [2.24, 2.45) is 0 Å². The number of halogens is 2. The number of nitriles is 1. The van der Waals surface area contributed by atoms with E-state index >= 15 is 0 Å². The zero-order valence-electron chi connectivity index (χ0n) is 19.2. The van der Waals surface area contributed by atoms with Gasteiger partial charge >= 0.3 is 5.97 Å². The lowest BCUT2D eigenvalue weighted by Crippen LogP contribution is -2.32. The first kappa shape index (κ1) is 26.1. The maximum Gasteiger partial charge on any atom is 0.337 e. The number of carbonyl (C=O) groups excluding carboxylic acids is 2. The quantitative estimate of drug-likeness (QED) is 0.311. The van der Waals surface area contributed by atoms with Crippen molar-refractivity contribution in [3.05, 3.63) is 91.0 Å². The molecule has 1 N–H and O–H groups in total. The van der Waals surface area contributed by atoms with Crippen LogP contribution in [0.15, 0.2) is 74.9 Å². The molecule has 1 atom stereocenters. The molecule has 0 saturated carbocycles. The van der Waals surface area contributed by atoms with Gasteiger partial charge in [0.05, 0.1) is 33.9 Å². The van der Waals surface area contributed by atoms with Crippen molar-refractivity contribution in [2.45, 2.75) is 39.2 Å². The Hall–Kier alpha value is -2.53. The number of carbonyl (C=O) groups is 2. The molecule has 5 nitrogen and oxygen atoms in total. The van der Waals surface area contributed by atoms with Gasteiger partial charge in [0.2, 0.25) is 0 Å². The van der Waals surface area contributed by atoms with E-state index in [2.05, 4.69) is 27.3 Å². The highest BCUT2D eigenvalue weighted by Gasteiger charge is 2.37. The standard InChI is InChI=1S/C26H24BrClN2O3S/c1-15-22(25(32)33-26(2,3)4)23(17-7-11-19(28)12-8-17)20(13-29)24(30-15)34-14-21(31)16-5-9-18(27)10-6-16/h5-12,23,30H,14H2,1-4H3. The Morgan fingerprint density at radius 3 is 2.32 bits per heavy atom. The molecular formula is C26H24BrClN2O3S. The van der Waals surface area contributed by atoms with Gasteiger partial charge in [0.15, 0.2) is 5.78 Å². The van der Waals surface area contributed by atoms with E-state index in [4.69, 9.17) is 16.3 Å². The Bertz CT molecular complexity index is 1210. The lowest BCUT2D eigenvalue weighted by molar-refractivity contribution is -0.150. The lowest BCUT2D eigenvalue weighted by atomic mass is 9.82. The summed E-state index contributed by atoms with van der Waals surface area (Å²) in [5.41, 5.74) is 1.91. The van der Waals surface area contributed by atoms with Gasteiger partial charge in [-0.3, -0.25) is 4.79 Å². The second-order valence-electron chi connectivity index (χ2n) is 8.72. The fourth-order valence-electron chi connectivity index (χ4n) is 3.48. The molecule has 1 unspecified atom stereocenters. The minimum absolute atomic E-state index is 0.0632. The van der Waals surface area contributed by atoms with Crippen LogP contribution < -0.4 is 5.32 Å². The first-order valence-electron chi connectivity index (χ1n) is 10.5. The molecule has 1 aliphatic rings. The van der Waals surface area contributed by atoms with Gasteiger partial charge in [0, 0.05) is 20.8 Å². The van der Waals surface area contributed by atoms with Crippen LogP contribution in [0.3, 0.4) is 0 Å². The summed E-state index contributed by atoms with van der Waals surface area (Å²) in [4.78, 5) is 25.9. The van der Waals surface area contributed by atoms with Crippen LogP contribution in [-0.4, -0.2) is 23.1 Å². The summed E-state index contributed by atoms with van der Waals surface area (Å²) in [6.45, 7) is 7.16. The highest BCUT2D eigenvalue weighted by Crippen LogP contribution is 2.41. The van der Waals surface area contributed by atoms with Gasteiger partial charge in [-0.2, -0.15) is 5.26 Å². The van der Waals surface area contributed by atoms with Gasteiger partial charge in [-0.25, -0.2) is 4.79 Å². The Labute approximate surface area is 217 Å². The van der Waals surface area contributed by atoms with Crippen LogP contribution in [0, 0.1) is 11.3 Å². The number of esters is 1. The van der Waals surface area contributed by atoms with Gasteiger partial charge < -0.3 is 10.1 Å². The predicted molar refractivity (Wildman–Crippen MR) is 139 cm³/mol. The number of dihydropyridines is 1. The molecule has 1 aliphatic heterocycles. The zero-order valence-corrected chi connectivity index (χ0v) is 22.4. The van der Waals surface area contributed by atoms with E-state index in [-0.39, 0.29) is 11.5 Å². The highest BCUT2D eigenvalue weighted by atomic mass is 79.9. The molecule has 176 valence electrons. The van der Waals surface area contributed by atoms with Crippen LogP contribution in [0.4, 0.5) is 0 Å². The molecule has 0 bridgehead atoms. The number of benzene rings is 2. The topological polar surface area (TPSA) is 79.2 Å². The number of ether oxygens (including phenoxy) is 1. The number of thioether (sulfide) groups is 1. The minimum Gasteiger partial charge on any atom is -0.457 e. The van der Waals surface area contributed by atoms with Gasteiger partial charge in [-0.05, 0) is 57.5 Å². The van der Waals surface area contributed by atoms with Crippen molar-refractivity contribution in [1.29, 1.82) is 5.26 Å². The molecule has 3 rings (SSSR count). The van der Waals surface area contributed by atoms with Crippen molar-refractivity contribution < 1.29 is 14.3 Å². The smallest absolute Gasteiger partial charge is 0.337 e. The van der Waals surface area contributed by atoms with E-state index < -0.39 is 17.5 Å². The summed E-state index contributed by atoms with van der Waals surface area (Å²) in [7, 11) is 0. The Morgan fingerprint density at radius 2 is 1.76 bits per heavy atom. The number of rotatable bonds is 6. The Morgan fingerprint density at radius 1 is 1.15 bits per heavy atom. The van der Waals surface area contributed by atoms with Crippen molar-refractivity contribution in [3.63, 3.8) is 0 Å². The van der Waals surface area contributed by atoms with Crippen LogP contribution in [0.2, 0.25) is 5.02 Å². The van der Waals surface area contributed by atoms with E-state index in [0.717, 1.165) is 10.0 Å².